The van der Waals surface area contributed by atoms with Gasteiger partial charge in [-0.2, -0.15) is 0 Å². The first-order chi connectivity index (χ1) is 7.42. The minimum absolute atomic E-state index is 1.16. The van der Waals surface area contributed by atoms with Crippen molar-refractivity contribution < 1.29 is 20.8 Å². The second kappa shape index (κ2) is 8.71. The van der Waals surface area contributed by atoms with Gasteiger partial charge >= 0.3 is 37.1 Å². The average Bonchev–Trinajstić information content (AvgIpc) is 2.27. The summed E-state index contributed by atoms with van der Waals surface area (Å²) in [7, 11) is 2.55. The lowest BCUT2D eigenvalue weighted by Crippen LogP contribution is -2.44. The fourth-order valence-electron chi connectivity index (χ4n) is 0.791. The standard InChI is InChI=1S/C7H20O5Si4/c1-8-13(4)10-15(6)12(3)16(7)11-14(5)9-2/h3H2,1-2,4-7H3. The van der Waals surface area contributed by atoms with Crippen LogP contribution < -0.4 is 0 Å². The molecule has 5 nitrogen and oxygen atoms in total. The molecule has 0 aliphatic heterocycles. The third-order valence-corrected chi connectivity index (χ3v) is 10.7. The van der Waals surface area contributed by atoms with E-state index in [1.54, 1.807) is 14.2 Å². The average molecular weight is 297 g/mol. The summed E-state index contributed by atoms with van der Waals surface area (Å²) in [5.41, 5.74) is 0. The van der Waals surface area contributed by atoms with E-state index < -0.39 is 37.1 Å². The highest BCUT2D eigenvalue weighted by atomic mass is 28.4. The molecule has 0 aromatic rings. The molecular weight excluding hydrogens is 276 g/mol. The van der Waals surface area contributed by atoms with Gasteiger partial charge in [0.1, 0.15) is 0 Å². The zero-order chi connectivity index (χ0) is 12.7. The maximum absolute atomic E-state index is 5.72. The molecule has 0 aliphatic carbocycles. The summed E-state index contributed by atoms with van der Waals surface area (Å²) in [6.45, 7) is 7.95. The zero-order valence-corrected chi connectivity index (χ0v) is 14.7. The fraction of sp³-hybridized carbons (Fsp3) is 0.857. The molecule has 4 radical (unpaired) electrons. The third kappa shape index (κ3) is 6.41. The van der Waals surface area contributed by atoms with Crippen LogP contribution in [0.3, 0.4) is 0 Å². The highest BCUT2D eigenvalue weighted by Gasteiger charge is 2.34. The fourth-order valence-corrected chi connectivity index (χ4v) is 7.87. The van der Waals surface area contributed by atoms with Crippen LogP contribution in [-0.2, 0) is 20.8 Å². The van der Waals surface area contributed by atoms with Crippen LogP contribution in [0.1, 0.15) is 0 Å². The molecule has 0 rings (SSSR count). The number of hydrogen-bond acceptors (Lipinski definition) is 4. The second-order valence-corrected chi connectivity index (χ2v) is 10.7. The first-order valence-electron chi connectivity index (χ1n) is 4.74. The van der Waals surface area contributed by atoms with Crippen molar-refractivity contribution in [1.29, 1.82) is 0 Å². The zero-order valence-electron chi connectivity index (χ0n) is 10.7. The van der Waals surface area contributed by atoms with Gasteiger partial charge in [0, 0.05) is 27.3 Å². The SMILES string of the molecule is [CH2-][O+]([Si](C)O[Si](C)OC)[Si](C)O[Si](C)OC. The molecule has 0 fully saturated rings. The molecule has 0 spiro atoms. The van der Waals surface area contributed by atoms with Crippen molar-refractivity contribution in [1.82, 2.24) is 0 Å². The topological polar surface area (TPSA) is 39.6 Å². The minimum atomic E-state index is -1.19. The maximum Gasteiger partial charge on any atom is 0.582 e. The molecule has 94 valence electrons. The summed E-state index contributed by atoms with van der Waals surface area (Å²) in [6.07, 6.45) is 0. The molecule has 0 N–H and O–H groups in total. The first-order valence-corrected chi connectivity index (χ1v) is 12.0. The van der Waals surface area contributed by atoms with Gasteiger partial charge in [0.05, 0.1) is 0 Å². The number of rotatable bonds is 8. The Kier molecular flexibility index (Phi) is 9.08. The van der Waals surface area contributed by atoms with Gasteiger partial charge in [-0.1, -0.05) is 0 Å². The summed E-state index contributed by atoms with van der Waals surface area (Å²) >= 11 is 0. The Morgan fingerprint density at radius 3 is 1.38 bits per heavy atom. The van der Waals surface area contributed by atoms with Crippen LogP contribution in [0.5, 0.6) is 0 Å². The van der Waals surface area contributed by atoms with Crippen LogP contribution >= 0.6 is 0 Å². The van der Waals surface area contributed by atoms with E-state index in [1.807, 2.05) is 26.2 Å². The Morgan fingerprint density at radius 1 is 0.812 bits per heavy atom. The lowest BCUT2D eigenvalue weighted by molar-refractivity contribution is 0.185. The molecule has 0 atom stereocenters. The Bertz CT molecular complexity index is 168. The molecule has 0 aliphatic rings. The van der Waals surface area contributed by atoms with Gasteiger partial charge < -0.3 is 20.8 Å². The first kappa shape index (κ1) is 16.7. The van der Waals surface area contributed by atoms with E-state index in [9.17, 15) is 0 Å². The number of hydrogen-bond donors (Lipinski definition) is 0. The molecule has 9 heteroatoms. The van der Waals surface area contributed by atoms with E-state index >= 15 is 0 Å². The van der Waals surface area contributed by atoms with Gasteiger partial charge in [-0.05, 0) is 13.1 Å². The van der Waals surface area contributed by atoms with Crippen LogP contribution in [0.4, 0.5) is 0 Å². The molecular formula is C7H20O5Si4. The monoisotopic (exact) mass is 296 g/mol. The van der Waals surface area contributed by atoms with Gasteiger partial charge in [0.15, 0.2) is 0 Å². The van der Waals surface area contributed by atoms with Crippen molar-refractivity contribution in [3.8, 4) is 0 Å². The Hall–Kier alpha value is 0.668. The van der Waals surface area contributed by atoms with Crippen molar-refractivity contribution >= 4 is 37.1 Å². The van der Waals surface area contributed by atoms with E-state index in [4.69, 9.17) is 17.1 Å². The Labute approximate surface area is 106 Å². The maximum atomic E-state index is 5.72. The Balaban J connectivity index is 4.05. The third-order valence-electron chi connectivity index (χ3n) is 1.84. The van der Waals surface area contributed by atoms with Crippen molar-refractivity contribution in [2.45, 2.75) is 26.2 Å². The molecule has 16 heavy (non-hydrogen) atoms. The van der Waals surface area contributed by atoms with Gasteiger partial charge in [0.25, 0.3) is 0 Å². The normalized spacial score (nSPS) is 12.8. The van der Waals surface area contributed by atoms with E-state index in [2.05, 4.69) is 10.9 Å². The molecule has 0 aromatic carbocycles. The van der Waals surface area contributed by atoms with Crippen LogP contribution in [0.2, 0.25) is 26.2 Å². The van der Waals surface area contributed by atoms with Crippen LogP contribution in [0.15, 0.2) is 0 Å². The van der Waals surface area contributed by atoms with E-state index in [-0.39, 0.29) is 0 Å². The van der Waals surface area contributed by atoms with Crippen molar-refractivity contribution in [3.63, 3.8) is 0 Å². The van der Waals surface area contributed by atoms with Gasteiger partial charge in [0.2, 0.25) is 0 Å². The predicted octanol–water partition coefficient (Wildman–Crippen LogP) is 1.13. The lowest BCUT2D eigenvalue weighted by Gasteiger charge is -2.33. The molecule has 0 aromatic heterocycles. The van der Waals surface area contributed by atoms with Crippen molar-refractivity contribution in [2.75, 3.05) is 14.2 Å². The van der Waals surface area contributed by atoms with E-state index in [0.717, 1.165) is 0 Å². The van der Waals surface area contributed by atoms with Crippen molar-refractivity contribution in [3.05, 3.63) is 7.11 Å². The molecule has 0 bridgehead atoms. The molecule has 0 unspecified atom stereocenters. The molecule has 0 saturated heterocycles. The Morgan fingerprint density at radius 2 is 1.12 bits per heavy atom. The quantitative estimate of drug-likeness (QED) is 0.382. The summed E-state index contributed by atoms with van der Waals surface area (Å²) in [5, 5.41) is 0. The van der Waals surface area contributed by atoms with Crippen molar-refractivity contribution in [2.24, 2.45) is 0 Å². The van der Waals surface area contributed by atoms with E-state index in [0.29, 0.717) is 0 Å². The smallest absolute Gasteiger partial charge is 0.582 e. The predicted molar refractivity (Wildman–Crippen MR) is 69.1 cm³/mol. The van der Waals surface area contributed by atoms with Gasteiger partial charge in [-0.25, -0.2) is 0 Å². The minimum Gasteiger partial charge on any atom is -0.724 e. The van der Waals surface area contributed by atoms with Crippen LogP contribution in [0.25, 0.3) is 0 Å². The highest BCUT2D eigenvalue weighted by molar-refractivity contribution is 6.68. The van der Waals surface area contributed by atoms with Crippen LogP contribution in [0, 0.1) is 7.11 Å². The van der Waals surface area contributed by atoms with Gasteiger partial charge in [-0.3, -0.25) is 0 Å². The molecule has 0 heterocycles. The largest absolute Gasteiger partial charge is 0.724 e. The van der Waals surface area contributed by atoms with Crippen LogP contribution in [-0.4, -0.2) is 51.4 Å². The summed E-state index contributed by atoms with van der Waals surface area (Å²) < 4.78 is 24.5. The van der Waals surface area contributed by atoms with Gasteiger partial charge in [-0.15, -0.1) is 7.11 Å². The summed E-state index contributed by atoms with van der Waals surface area (Å²) in [6, 6.07) is 0. The summed E-state index contributed by atoms with van der Waals surface area (Å²) in [4.78, 5) is 0. The lowest BCUT2D eigenvalue weighted by atomic mass is 11.8. The molecule has 0 saturated carbocycles. The van der Waals surface area contributed by atoms with E-state index in [1.165, 1.54) is 0 Å². The highest BCUT2D eigenvalue weighted by Crippen LogP contribution is 2.09. The molecule has 0 amide bonds. The summed E-state index contributed by atoms with van der Waals surface area (Å²) in [5.74, 6) is 0. The second-order valence-electron chi connectivity index (χ2n) is 2.97.